The number of carboxylic acids is 1. The molecule has 0 fully saturated rings. The van der Waals surface area contributed by atoms with Gasteiger partial charge in [-0.25, -0.2) is 4.79 Å². The Morgan fingerprint density at radius 3 is 2.62 bits per heavy atom. The normalized spacial score (nSPS) is 10.2. The summed E-state index contributed by atoms with van der Waals surface area (Å²) in [6.45, 7) is 2.38. The summed E-state index contributed by atoms with van der Waals surface area (Å²) in [5, 5.41) is 21.9. The highest BCUT2D eigenvalue weighted by Crippen LogP contribution is 2.27. The number of aryl methyl sites for hydroxylation is 1. The maximum atomic E-state index is 11.0. The van der Waals surface area contributed by atoms with Crippen LogP contribution in [0.25, 0.3) is 0 Å². The predicted octanol–water partition coefficient (Wildman–Crippen LogP) is 3.02. The van der Waals surface area contributed by atoms with Crippen LogP contribution in [0.5, 0.6) is 11.5 Å². The summed E-state index contributed by atoms with van der Waals surface area (Å²) in [4.78, 5) is 11.0. The summed E-state index contributed by atoms with van der Waals surface area (Å²) in [5.74, 6) is -0.462. The third kappa shape index (κ3) is 3.45. The van der Waals surface area contributed by atoms with E-state index in [0.717, 1.165) is 16.8 Å². The molecule has 3 N–H and O–H groups in total. The quantitative estimate of drug-likeness (QED) is 0.787. The molecule has 0 amide bonds. The average molecular weight is 287 g/mol. The Kier molecular flexibility index (Phi) is 4.33. The van der Waals surface area contributed by atoms with Crippen molar-refractivity contribution in [2.75, 3.05) is 12.4 Å². The molecule has 0 heterocycles. The van der Waals surface area contributed by atoms with E-state index in [0.29, 0.717) is 12.3 Å². The van der Waals surface area contributed by atoms with Gasteiger partial charge in [0.2, 0.25) is 0 Å². The maximum Gasteiger partial charge on any atom is 0.335 e. The van der Waals surface area contributed by atoms with Gasteiger partial charge in [0.25, 0.3) is 0 Å². The lowest BCUT2D eigenvalue weighted by molar-refractivity contribution is 0.0697. The fourth-order valence-electron chi connectivity index (χ4n) is 1.99. The van der Waals surface area contributed by atoms with Crippen LogP contribution in [0.3, 0.4) is 0 Å². The predicted molar refractivity (Wildman–Crippen MR) is 80.1 cm³/mol. The largest absolute Gasteiger partial charge is 0.504 e. The molecule has 0 radical (unpaired) electrons. The van der Waals surface area contributed by atoms with Gasteiger partial charge >= 0.3 is 5.97 Å². The number of phenolic OH excluding ortho intramolecular Hbond substituents is 1. The smallest absolute Gasteiger partial charge is 0.335 e. The number of ether oxygens (including phenoxy) is 1. The summed E-state index contributed by atoms with van der Waals surface area (Å²) in [7, 11) is 1.49. The minimum absolute atomic E-state index is 0.0767. The van der Waals surface area contributed by atoms with Gasteiger partial charge in [-0.1, -0.05) is 12.1 Å². The molecule has 5 heteroatoms. The van der Waals surface area contributed by atoms with Crippen LogP contribution in [0.4, 0.5) is 5.69 Å². The third-order valence-corrected chi connectivity index (χ3v) is 3.21. The molecule has 110 valence electrons. The zero-order chi connectivity index (χ0) is 15.4. The van der Waals surface area contributed by atoms with Crippen LogP contribution in [0.2, 0.25) is 0 Å². The van der Waals surface area contributed by atoms with Crippen LogP contribution in [0.15, 0.2) is 36.4 Å². The van der Waals surface area contributed by atoms with Gasteiger partial charge in [-0.3, -0.25) is 0 Å². The van der Waals surface area contributed by atoms with Crippen molar-refractivity contribution in [3.05, 3.63) is 53.1 Å². The van der Waals surface area contributed by atoms with E-state index in [1.54, 1.807) is 30.3 Å². The highest BCUT2D eigenvalue weighted by atomic mass is 16.5. The van der Waals surface area contributed by atoms with Gasteiger partial charge in [0.05, 0.1) is 12.7 Å². The number of rotatable bonds is 5. The van der Waals surface area contributed by atoms with Crippen LogP contribution in [0.1, 0.15) is 21.5 Å². The number of nitrogens with one attached hydrogen (secondary N) is 1. The lowest BCUT2D eigenvalue weighted by Gasteiger charge is -2.11. The van der Waals surface area contributed by atoms with Gasteiger partial charge < -0.3 is 20.3 Å². The molecule has 0 saturated carbocycles. The number of anilines is 1. The van der Waals surface area contributed by atoms with Crippen molar-refractivity contribution < 1.29 is 19.7 Å². The lowest BCUT2D eigenvalue weighted by atomic mass is 10.1. The summed E-state index contributed by atoms with van der Waals surface area (Å²) in [6, 6.07) is 10.1. The molecular formula is C16H17NO4. The Labute approximate surface area is 122 Å². The first-order valence-corrected chi connectivity index (χ1v) is 6.45. The molecule has 0 aromatic heterocycles. The van der Waals surface area contributed by atoms with Crippen molar-refractivity contribution in [2.45, 2.75) is 13.5 Å². The van der Waals surface area contributed by atoms with Crippen LogP contribution in [-0.2, 0) is 6.54 Å². The molecule has 0 aliphatic rings. The van der Waals surface area contributed by atoms with Crippen LogP contribution in [-0.4, -0.2) is 23.3 Å². The highest BCUT2D eigenvalue weighted by molar-refractivity contribution is 5.89. The van der Waals surface area contributed by atoms with Gasteiger partial charge in [0.1, 0.15) is 0 Å². The van der Waals surface area contributed by atoms with Gasteiger partial charge in [-0.2, -0.15) is 0 Å². The Morgan fingerprint density at radius 2 is 2.00 bits per heavy atom. The van der Waals surface area contributed by atoms with Crippen molar-refractivity contribution >= 4 is 11.7 Å². The number of carboxylic acid groups (broad SMARTS) is 1. The number of phenols is 1. The zero-order valence-corrected chi connectivity index (χ0v) is 11.9. The van der Waals surface area contributed by atoms with E-state index in [9.17, 15) is 9.90 Å². The molecule has 0 spiro atoms. The number of hydrogen-bond donors (Lipinski definition) is 3. The van der Waals surface area contributed by atoms with Crippen molar-refractivity contribution in [1.29, 1.82) is 0 Å². The van der Waals surface area contributed by atoms with Gasteiger partial charge in [-0.05, 0) is 42.3 Å². The average Bonchev–Trinajstić information content (AvgIpc) is 2.46. The second kappa shape index (κ2) is 6.17. The fourth-order valence-corrected chi connectivity index (χ4v) is 1.99. The number of hydrogen-bond acceptors (Lipinski definition) is 4. The number of aromatic carboxylic acids is 1. The Morgan fingerprint density at radius 1 is 1.24 bits per heavy atom. The van der Waals surface area contributed by atoms with Gasteiger partial charge in [-0.15, -0.1) is 0 Å². The molecule has 0 atom stereocenters. The number of carbonyl (C=O) groups is 1. The van der Waals surface area contributed by atoms with Crippen molar-refractivity contribution in [3.63, 3.8) is 0 Å². The van der Waals surface area contributed by atoms with E-state index < -0.39 is 5.97 Å². The summed E-state index contributed by atoms with van der Waals surface area (Å²) < 4.78 is 4.99. The minimum Gasteiger partial charge on any atom is -0.504 e. The first kappa shape index (κ1) is 14.7. The number of aromatic hydroxyl groups is 1. The maximum absolute atomic E-state index is 11.0. The first-order valence-electron chi connectivity index (χ1n) is 6.45. The molecule has 0 saturated heterocycles. The molecule has 0 unspecified atom stereocenters. The van der Waals surface area contributed by atoms with E-state index in [2.05, 4.69) is 5.32 Å². The molecule has 2 rings (SSSR count). The van der Waals surface area contributed by atoms with E-state index in [1.807, 2.05) is 13.0 Å². The standard InChI is InChI=1S/C16H17NO4/c1-10-3-5-12(16(19)20)8-13(10)17-9-11-4-6-15(21-2)14(18)7-11/h3-8,17-18H,9H2,1-2H3,(H,19,20). The van der Waals surface area contributed by atoms with Crippen molar-refractivity contribution in [1.82, 2.24) is 0 Å². The second-order valence-corrected chi connectivity index (χ2v) is 4.69. The van der Waals surface area contributed by atoms with Crippen molar-refractivity contribution in [3.8, 4) is 11.5 Å². The topological polar surface area (TPSA) is 78.8 Å². The van der Waals surface area contributed by atoms with Crippen LogP contribution in [0, 0.1) is 6.92 Å². The van der Waals surface area contributed by atoms with E-state index >= 15 is 0 Å². The van der Waals surface area contributed by atoms with Gasteiger partial charge in [0.15, 0.2) is 11.5 Å². The molecule has 2 aromatic carbocycles. The fraction of sp³-hybridized carbons (Fsp3) is 0.188. The van der Waals surface area contributed by atoms with Crippen LogP contribution >= 0.6 is 0 Å². The van der Waals surface area contributed by atoms with Crippen molar-refractivity contribution in [2.24, 2.45) is 0 Å². The van der Waals surface area contributed by atoms with E-state index in [1.165, 1.54) is 7.11 Å². The zero-order valence-electron chi connectivity index (χ0n) is 11.9. The Hall–Kier alpha value is -2.69. The van der Waals surface area contributed by atoms with E-state index in [-0.39, 0.29) is 11.3 Å². The Bertz CT molecular complexity index is 667. The van der Waals surface area contributed by atoms with E-state index in [4.69, 9.17) is 9.84 Å². The summed E-state index contributed by atoms with van der Waals surface area (Å²) in [5.41, 5.74) is 2.82. The highest BCUT2D eigenvalue weighted by Gasteiger charge is 2.07. The molecule has 0 aliphatic carbocycles. The molecule has 21 heavy (non-hydrogen) atoms. The molecule has 5 nitrogen and oxygen atoms in total. The third-order valence-electron chi connectivity index (χ3n) is 3.21. The first-order chi connectivity index (χ1) is 10.0. The SMILES string of the molecule is COc1ccc(CNc2cc(C(=O)O)ccc2C)cc1O. The van der Waals surface area contributed by atoms with Gasteiger partial charge in [0, 0.05) is 12.2 Å². The molecular weight excluding hydrogens is 270 g/mol. The van der Waals surface area contributed by atoms with Crippen LogP contribution < -0.4 is 10.1 Å². The lowest BCUT2D eigenvalue weighted by Crippen LogP contribution is -2.04. The molecule has 0 bridgehead atoms. The second-order valence-electron chi connectivity index (χ2n) is 4.69. The Balaban J connectivity index is 2.14. The number of benzene rings is 2. The molecule has 0 aliphatic heterocycles. The number of methoxy groups -OCH3 is 1. The molecule has 2 aromatic rings. The summed E-state index contributed by atoms with van der Waals surface area (Å²) in [6.07, 6.45) is 0. The summed E-state index contributed by atoms with van der Waals surface area (Å²) >= 11 is 0. The monoisotopic (exact) mass is 287 g/mol. The minimum atomic E-state index is -0.958.